The van der Waals surface area contributed by atoms with Crippen LogP contribution < -0.4 is 21.5 Å². The molecule has 0 aliphatic carbocycles. The summed E-state index contributed by atoms with van der Waals surface area (Å²) in [6.45, 7) is 14.8. The summed E-state index contributed by atoms with van der Waals surface area (Å²) in [4.78, 5) is 0. The van der Waals surface area contributed by atoms with Crippen LogP contribution in [-0.2, 0) is 32.2 Å². The Bertz CT molecular complexity index is 860. The third kappa shape index (κ3) is 26.2. The van der Waals surface area contributed by atoms with Gasteiger partial charge in [0.25, 0.3) is 0 Å². The zero-order valence-corrected chi connectivity index (χ0v) is 36.4. The second-order valence-electron chi connectivity index (χ2n) is 15.9. The number of nitrogens with zero attached hydrogens (tertiary/aromatic N) is 1. The molecule has 0 N–H and O–H groups in total. The van der Waals surface area contributed by atoms with Crippen LogP contribution >= 0.6 is 0 Å². The van der Waals surface area contributed by atoms with Gasteiger partial charge in [-0.05, 0) is 50.5 Å². The highest BCUT2D eigenvalue weighted by atomic mass is 79.9. The highest BCUT2D eigenvalue weighted by Gasteiger charge is 2.23. The van der Waals surface area contributed by atoms with Gasteiger partial charge in [0.1, 0.15) is 6.54 Å². The molecule has 0 aromatic carbocycles. The third-order valence-electron chi connectivity index (χ3n) is 11.2. The Kier molecular flexibility index (Phi) is 37.6. The van der Waals surface area contributed by atoms with Gasteiger partial charge in [-0.3, -0.25) is 0 Å². The van der Waals surface area contributed by atoms with Gasteiger partial charge < -0.3 is 17.0 Å². The highest BCUT2D eigenvalue weighted by molar-refractivity contribution is 5.36. The third-order valence-corrected chi connectivity index (χ3v) is 11.2. The molecule has 0 aliphatic heterocycles. The van der Waals surface area contributed by atoms with Crippen LogP contribution in [0.5, 0.6) is 0 Å². The van der Waals surface area contributed by atoms with Gasteiger partial charge in [0.05, 0.1) is 0 Å². The van der Waals surface area contributed by atoms with E-state index in [2.05, 4.69) is 51.1 Å². The minimum absolute atomic E-state index is 0. The molecule has 1 nitrogen and oxygen atoms in total. The highest BCUT2D eigenvalue weighted by Crippen LogP contribution is 2.26. The molecule has 1 aromatic rings. The van der Waals surface area contributed by atoms with Gasteiger partial charge in [-0.25, -0.2) is 4.57 Å². The zero-order chi connectivity index (χ0) is 35.5. The number of rotatable bonds is 38. The molecule has 0 spiro atoms. The van der Waals surface area contributed by atoms with E-state index >= 15 is 0 Å². The summed E-state index contributed by atoms with van der Waals surface area (Å²) in [5.74, 6) is 0. The number of hydrogen-bond donors (Lipinski definition) is 0. The van der Waals surface area contributed by atoms with Crippen molar-refractivity contribution in [3.05, 3.63) is 41.2 Å². The van der Waals surface area contributed by atoms with Gasteiger partial charge in [-0.15, -0.1) is 6.58 Å². The molecule has 1 aromatic heterocycles. The molecule has 0 saturated carbocycles. The van der Waals surface area contributed by atoms with Crippen LogP contribution in [0.25, 0.3) is 0 Å². The average molecular weight is 761 g/mol. The number of pyridine rings is 1. The van der Waals surface area contributed by atoms with Crippen LogP contribution in [0.4, 0.5) is 0 Å². The van der Waals surface area contributed by atoms with Crippen molar-refractivity contribution in [2.75, 3.05) is 0 Å². The molecule has 0 bridgehead atoms. The Balaban J connectivity index is 0.0000240. The Hall–Kier alpha value is -0.630. The maximum atomic E-state index is 4.25. The van der Waals surface area contributed by atoms with Gasteiger partial charge in [0, 0.05) is 24.0 Å². The predicted molar refractivity (Wildman–Crippen MR) is 222 cm³/mol. The first kappa shape index (κ1) is 49.4. The molecule has 0 amide bonds. The van der Waals surface area contributed by atoms with Crippen molar-refractivity contribution in [3.63, 3.8) is 0 Å². The molecule has 294 valence electrons. The number of unbranched alkanes of at least 4 members (excludes halogenated alkanes) is 28. The van der Waals surface area contributed by atoms with Crippen molar-refractivity contribution in [1.29, 1.82) is 0 Å². The molecule has 0 saturated heterocycles. The van der Waals surface area contributed by atoms with Crippen molar-refractivity contribution in [2.45, 2.75) is 265 Å². The van der Waals surface area contributed by atoms with E-state index in [1.54, 1.807) is 22.4 Å². The molecular formula is C48H90BrN. The SMILES string of the molecule is C=CCc1c[n+](CCCCCCCCCC)c(CCCCCCCCCC)c(CCCCCCCCCC)c1CCCCCCCCCC.[Br-]. The molecule has 0 radical (unpaired) electrons. The van der Waals surface area contributed by atoms with E-state index in [0.717, 1.165) is 6.42 Å². The molecule has 0 atom stereocenters. The zero-order valence-electron chi connectivity index (χ0n) is 34.8. The Morgan fingerprint density at radius 3 is 1.12 bits per heavy atom. The van der Waals surface area contributed by atoms with E-state index in [9.17, 15) is 0 Å². The van der Waals surface area contributed by atoms with Crippen LogP contribution in [0.15, 0.2) is 18.9 Å². The minimum atomic E-state index is 0. The monoisotopic (exact) mass is 760 g/mol. The van der Waals surface area contributed by atoms with Crippen molar-refractivity contribution < 1.29 is 21.5 Å². The molecule has 0 unspecified atom stereocenters. The molecular weight excluding hydrogens is 670 g/mol. The summed E-state index contributed by atoms with van der Waals surface area (Å²) in [6.07, 6.45) is 54.7. The van der Waals surface area contributed by atoms with Crippen molar-refractivity contribution >= 4 is 0 Å². The Labute approximate surface area is 326 Å². The van der Waals surface area contributed by atoms with Crippen molar-refractivity contribution in [2.24, 2.45) is 0 Å². The van der Waals surface area contributed by atoms with E-state index in [4.69, 9.17) is 0 Å². The largest absolute Gasteiger partial charge is 1.00 e. The number of halogens is 1. The van der Waals surface area contributed by atoms with Gasteiger partial charge in [-0.1, -0.05) is 207 Å². The molecule has 0 aliphatic rings. The lowest BCUT2D eigenvalue weighted by Crippen LogP contribution is -3.00. The summed E-state index contributed by atoms with van der Waals surface area (Å²) in [7, 11) is 0. The van der Waals surface area contributed by atoms with E-state index in [1.165, 1.54) is 231 Å². The van der Waals surface area contributed by atoms with E-state index in [0.29, 0.717) is 0 Å². The summed E-state index contributed by atoms with van der Waals surface area (Å²) in [6, 6.07) is 0. The Morgan fingerprint density at radius 2 is 0.740 bits per heavy atom. The number of hydrogen-bond acceptors (Lipinski definition) is 0. The summed E-state index contributed by atoms with van der Waals surface area (Å²) < 4.78 is 2.79. The van der Waals surface area contributed by atoms with Gasteiger partial charge in [0.15, 0.2) is 11.9 Å². The first-order valence-electron chi connectivity index (χ1n) is 22.9. The van der Waals surface area contributed by atoms with Crippen LogP contribution in [0, 0.1) is 0 Å². The molecule has 1 rings (SSSR count). The molecule has 50 heavy (non-hydrogen) atoms. The number of aryl methyl sites for hydroxylation is 1. The minimum Gasteiger partial charge on any atom is -1.00 e. The van der Waals surface area contributed by atoms with Crippen LogP contribution in [0.1, 0.15) is 256 Å². The summed E-state index contributed by atoms with van der Waals surface area (Å²) in [5, 5.41) is 0. The second kappa shape index (κ2) is 38.1. The summed E-state index contributed by atoms with van der Waals surface area (Å²) >= 11 is 0. The first-order chi connectivity index (χ1) is 24.2. The fourth-order valence-electron chi connectivity index (χ4n) is 8.03. The second-order valence-corrected chi connectivity index (χ2v) is 15.9. The predicted octanol–water partition coefficient (Wildman–Crippen LogP) is 12.9. The van der Waals surface area contributed by atoms with Crippen LogP contribution in [0.3, 0.4) is 0 Å². The van der Waals surface area contributed by atoms with Gasteiger partial charge in [0.2, 0.25) is 0 Å². The fourth-order valence-corrected chi connectivity index (χ4v) is 8.03. The average Bonchev–Trinajstić information content (AvgIpc) is 3.11. The number of aromatic nitrogens is 1. The lowest BCUT2D eigenvalue weighted by Gasteiger charge is -2.19. The summed E-state index contributed by atoms with van der Waals surface area (Å²) in [5.41, 5.74) is 6.87. The first-order valence-corrected chi connectivity index (χ1v) is 22.9. The van der Waals surface area contributed by atoms with Crippen molar-refractivity contribution in [1.82, 2.24) is 0 Å². The molecule has 1 heterocycles. The van der Waals surface area contributed by atoms with E-state index in [1.807, 2.05) is 0 Å². The number of allylic oxidation sites excluding steroid dienone is 1. The van der Waals surface area contributed by atoms with E-state index < -0.39 is 0 Å². The van der Waals surface area contributed by atoms with Crippen LogP contribution in [-0.4, -0.2) is 0 Å². The van der Waals surface area contributed by atoms with Gasteiger partial charge >= 0.3 is 0 Å². The molecule has 0 fully saturated rings. The topological polar surface area (TPSA) is 3.88 Å². The fraction of sp³-hybridized carbons (Fsp3) is 0.854. The maximum absolute atomic E-state index is 4.25. The molecule has 2 heteroatoms. The Morgan fingerprint density at radius 1 is 0.420 bits per heavy atom. The lowest BCUT2D eigenvalue weighted by molar-refractivity contribution is -0.705. The van der Waals surface area contributed by atoms with Crippen molar-refractivity contribution in [3.8, 4) is 0 Å². The smallest absolute Gasteiger partial charge is 0.184 e. The standard InChI is InChI=1S/C48H90N.BrH/c1-6-11-15-19-23-27-31-35-40-46-45(39-10-5)44-49(43-38-34-30-26-22-18-14-9-4)48(42-37-33-29-25-21-17-13-8-3)47(46)41-36-32-28-24-20-16-12-7-2;/h10,44H,5-9,11-43H2,1-4H3;1H/q+1;/p-1. The maximum Gasteiger partial charge on any atom is 0.184 e. The van der Waals surface area contributed by atoms with E-state index in [-0.39, 0.29) is 17.0 Å². The quantitative estimate of drug-likeness (QED) is 0.0359. The van der Waals surface area contributed by atoms with Gasteiger partial charge in [-0.2, -0.15) is 0 Å². The normalized spacial score (nSPS) is 11.3. The lowest BCUT2D eigenvalue weighted by atomic mass is 9.89. The van der Waals surface area contributed by atoms with Crippen LogP contribution in [0.2, 0.25) is 0 Å².